The molecule has 0 spiro atoms. The van der Waals surface area contributed by atoms with Crippen LogP contribution in [0, 0.1) is 13.8 Å². The Morgan fingerprint density at radius 1 is 1.12 bits per heavy atom. The fourth-order valence-corrected chi connectivity index (χ4v) is 5.04. The summed E-state index contributed by atoms with van der Waals surface area (Å²) in [4.78, 5) is 0. The maximum atomic E-state index is 2.41. The molecule has 1 heteroatoms. The van der Waals surface area contributed by atoms with Crippen molar-refractivity contribution in [2.75, 3.05) is 0 Å². The fraction of sp³-hybridized carbons (Fsp3) is 0.375. The molecule has 0 saturated heterocycles. The minimum atomic E-state index is -0.201. The van der Waals surface area contributed by atoms with Gasteiger partial charge >= 0.3 is 0 Å². The lowest BCUT2D eigenvalue weighted by atomic mass is 10.1. The molecule has 0 amide bonds. The Labute approximate surface area is 107 Å². The van der Waals surface area contributed by atoms with Gasteiger partial charge < -0.3 is 0 Å². The van der Waals surface area contributed by atoms with E-state index in [0.717, 1.165) is 5.54 Å². The van der Waals surface area contributed by atoms with Gasteiger partial charge in [-0.05, 0) is 25.8 Å². The molecule has 0 aliphatic heterocycles. The number of allylic oxidation sites excluding steroid dienone is 4. The highest BCUT2D eigenvalue weighted by atomic mass is 28.2. The Balaban J connectivity index is 2.10. The van der Waals surface area contributed by atoms with Crippen LogP contribution in [0.1, 0.15) is 30.9 Å². The van der Waals surface area contributed by atoms with E-state index in [-0.39, 0.29) is 9.52 Å². The third-order valence-electron chi connectivity index (χ3n) is 3.41. The van der Waals surface area contributed by atoms with E-state index in [1.165, 1.54) is 24.0 Å². The van der Waals surface area contributed by atoms with E-state index in [9.17, 15) is 0 Å². The zero-order valence-corrected chi connectivity index (χ0v) is 12.6. The molecule has 0 radical (unpaired) electrons. The van der Waals surface area contributed by atoms with Crippen molar-refractivity contribution < 1.29 is 0 Å². The lowest BCUT2D eigenvalue weighted by Gasteiger charge is -2.13. The number of benzene rings is 1. The van der Waals surface area contributed by atoms with E-state index >= 15 is 0 Å². The molecular formula is C16H22Si. The van der Waals surface area contributed by atoms with Crippen LogP contribution in [0.3, 0.4) is 0 Å². The summed E-state index contributed by atoms with van der Waals surface area (Å²) in [7, 11) is -0.201. The molecule has 0 aromatic heterocycles. The van der Waals surface area contributed by atoms with Gasteiger partial charge in [0.2, 0.25) is 0 Å². The average Bonchev–Trinajstić information content (AvgIpc) is 2.65. The van der Waals surface area contributed by atoms with Gasteiger partial charge in [-0.15, -0.1) is 0 Å². The predicted octanol–water partition coefficient (Wildman–Crippen LogP) is 3.18. The van der Waals surface area contributed by atoms with Crippen LogP contribution in [0.15, 0.2) is 42.0 Å². The first-order chi connectivity index (χ1) is 8.19. The molecule has 1 aliphatic carbocycles. The molecule has 1 aromatic rings. The van der Waals surface area contributed by atoms with Crippen molar-refractivity contribution in [2.45, 2.75) is 39.2 Å². The zero-order valence-electron chi connectivity index (χ0n) is 11.2. The highest BCUT2D eigenvalue weighted by Crippen LogP contribution is 2.27. The predicted molar refractivity (Wildman–Crippen MR) is 80.0 cm³/mol. The first-order valence-corrected chi connectivity index (χ1v) is 8.16. The molecule has 0 fully saturated rings. The Kier molecular flexibility index (Phi) is 4.00. The number of aryl methyl sites for hydroxylation is 2. The van der Waals surface area contributed by atoms with Crippen LogP contribution in [0.25, 0.3) is 0 Å². The normalized spacial score (nSPS) is 19.2. The smallest absolute Gasteiger partial charge is 0.0667 e. The second kappa shape index (κ2) is 5.50. The van der Waals surface area contributed by atoms with Crippen molar-refractivity contribution in [3.8, 4) is 0 Å². The van der Waals surface area contributed by atoms with E-state index < -0.39 is 0 Å². The second-order valence-corrected chi connectivity index (χ2v) is 7.29. The van der Waals surface area contributed by atoms with E-state index in [1.807, 2.05) is 0 Å². The number of hydrogen-bond acceptors (Lipinski definition) is 0. The van der Waals surface area contributed by atoms with Crippen molar-refractivity contribution in [2.24, 2.45) is 0 Å². The van der Waals surface area contributed by atoms with Gasteiger partial charge in [0.1, 0.15) is 0 Å². The molecule has 1 unspecified atom stereocenters. The van der Waals surface area contributed by atoms with Crippen LogP contribution in [-0.4, -0.2) is 9.52 Å². The van der Waals surface area contributed by atoms with E-state index in [0.29, 0.717) is 0 Å². The molecule has 1 atom stereocenters. The zero-order chi connectivity index (χ0) is 12.3. The fourth-order valence-electron chi connectivity index (χ4n) is 2.76. The molecule has 17 heavy (non-hydrogen) atoms. The van der Waals surface area contributed by atoms with Gasteiger partial charge in [-0.2, -0.15) is 0 Å². The lowest BCUT2D eigenvalue weighted by molar-refractivity contribution is 0.884. The maximum Gasteiger partial charge on any atom is 0.0667 e. The van der Waals surface area contributed by atoms with Crippen molar-refractivity contribution in [1.29, 1.82) is 0 Å². The summed E-state index contributed by atoms with van der Waals surface area (Å²) in [5.41, 5.74) is 5.26. The van der Waals surface area contributed by atoms with Crippen molar-refractivity contribution in [3.63, 3.8) is 0 Å². The topological polar surface area (TPSA) is 0 Å². The molecular weight excluding hydrogens is 220 g/mol. The molecule has 0 bridgehead atoms. The summed E-state index contributed by atoms with van der Waals surface area (Å²) in [6.45, 7) is 6.69. The molecule has 2 rings (SSSR count). The van der Waals surface area contributed by atoms with Crippen LogP contribution in [0.2, 0.25) is 5.54 Å². The van der Waals surface area contributed by atoms with E-state index in [2.05, 4.69) is 57.2 Å². The summed E-state index contributed by atoms with van der Waals surface area (Å²) >= 11 is 0. The summed E-state index contributed by atoms with van der Waals surface area (Å²) in [5.74, 6) is 0. The largest absolute Gasteiger partial charge is 0.0803 e. The molecule has 0 N–H and O–H groups in total. The molecule has 90 valence electrons. The Morgan fingerprint density at radius 3 is 2.47 bits per heavy atom. The summed E-state index contributed by atoms with van der Waals surface area (Å²) in [6.07, 6.45) is 9.55. The highest BCUT2D eigenvalue weighted by Gasteiger charge is 2.15. The minimum absolute atomic E-state index is 0.201. The van der Waals surface area contributed by atoms with Crippen molar-refractivity contribution in [3.05, 3.63) is 53.1 Å². The van der Waals surface area contributed by atoms with Gasteiger partial charge in [0.05, 0.1) is 9.52 Å². The molecule has 1 aromatic carbocycles. The maximum absolute atomic E-state index is 2.41. The van der Waals surface area contributed by atoms with Crippen molar-refractivity contribution >= 4 is 14.7 Å². The highest BCUT2D eigenvalue weighted by molar-refractivity contribution is 6.56. The van der Waals surface area contributed by atoms with Crippen molar-refractivity contribution in [1.82, 2.24) is 0 Å². The molecule has 1 aliphatic rings. The summed E-state index contributed by atoms with van der Waals surface area (Å²) in [6, 6.07) is 7.04. The summed E-state index contributed by atoms with van der Waals surface area (Å²) < 4.78 is 0. The third-order valence-corrected chi connectivity index (χ3v) is 5.52. The standard InChI is InChI=1S/C16H22Si/c1-4-6-14-7-5-8-16(14)17-15-10-12(2)9-13(3)11-15/h5,7-11,16H,4,6,17H2,1-3H3. The lowest BCUT2D eigenvalue weighted by Crippen LogP contribution is -2.19. The van der Waals surface area contributed by atoms with Gasteiger partial charge in [-0.3, -0.25) is 0 Å². The van der Waals surface area contributed by atoms with Crippen LogP contribution in [0.5, 0.6) is 0 Å². The number of rotatable bonds is 4. The van der Waals surface area contributed by atoms with Crippen LogP contribution in [-0.2, 0) is 0 Å². The third kappa shape index (κ3) is 3.19. The summed E-state index contributed by atoms with van der Waals surface area (Å²) in [5, 5.41) is 1.61. The Morgan fingerprint density at radius 2 is 1.82 bits per heavy atom. The van der Waals surface area contributed by atoms with E-state index in [4.69, 9.17) is 0 Å². The van der Waals surface area contributed by atoms with Crippen LogP contribution in [0.4, 0.5) is 0 Å². The Hall–Kier alpha value is -1.08. The average molecular weight is 242 g/mol. The molecule has 0 nitrogen and oxygen atoms in total. The SMILES string of the molecule is CCCC1=CC=CC1[SiH2]c1cc(C)cc(C)c1. The van der Waals surface area contributed by atoms with Gasteiger partial charge in [-0.1, -0.05) is 71.7 Å². The van der Waals surface area contributed by atoms with Gasteiger partial charge in [0, 0.05) is 0 Å². The minimum Gasteiger partial charge on any atom is -0.0803 e. The van der Waals surface area contributed by atoms with Gasteiger partial charge in [0.25, 0.3) is 0 Å². The van der Waals surface area contributed by atoms with Crippen LogP contribution >= 0.6 is 0 Å². The van der Waals surface area contributed by atoms with E-state index in [1.54, 1.807) is 10.8 Å². The molecule has 0 heterocycles. The quantitative estimate of drug-likeness (QED) is 0.711. The Bertz CT molecular complexity index is 434. The number of hydrogen-bond donors (Lipinski definition) is 0. The first-order valence-electron chi connectivity index (χ1n) is 6.63. The second-order valence-electron chi connectivity index (χ2n) is 5.18. The first kappa shape index (κ1) is 12.4. The van der Waals surface area contributed by atoms with Crippen LogP contribution < -0.4 is 5.19 Å². The van der Waals surface area contributed by atoms with Gasteiger partial charge in [0.15, 0.2) is 0 Å². The molecule has 0 saturated carbocycles. The van der Waals surface area contributed by atoms with Gasteiger partial charge in [-0.25, -0.2) is 0 Å². The monoisotopic (exact) mass is 242 g/mol.